The number of benzene rings is 1. The lowest BCUT2D eigenvalue weighted by Gasteiger charge is -2.03. The van der Waals surface area contributed by atoms with Gasteiger partial charge in [0, 0.05) is 21.1 Å². The van der Waals surface area contributed by atoms with Crippen LogP contribution in [0, 0.1) is 6.92 Å². The molecular weight excluding hydrogens is 308 g/mol. The summed E-state index contributed by atoms with van der Waals surface area (Å²) >= 11 is 0. The maximum atomic E-state index is 12.3. The van der Waals surface area contributed by atoms with Gasteiger partial charge in [-0.05, 0) is 12.5 Å². The zero-order valence-electron chi connectivity index (χ0n) is 13.9. The number of fused-ring (bicyclic) bond motifs is 1. The highest BCUT2D eigenvalue weighted by atomic mass is 16.2. The second kappa shape index (κ2) is 5.80. The third kappa shape index (κ3) is 2.51. The summed E-state index contributed by atoms with van der Waals surface area (Å²) < 4.78 is 3.98. The first kappa shape index (κ1) is 15.7. The number of hydrogen-bond acceptors (Lipinski definition) is 5. The van der Waals surface area contributed by atoms with Crippen molar-refractivity contribution in [3.8, 4) is 0 Å². The number of hydrogen-bond donors (Lipinski definition) is 1. The second-order valence-corrected chi connectivity index (χ2v) is 5.65. The number of aryl methyl sites for hydroxylation is 3. The van der Waals surface area contributed by atoms with Crippen LogP contribution in [0.5, 0.6) is 0 Å². The average molecular weight is 326 g/mol. The van der Waals surface area contributed by atoms with Gasteiger partial charge in [0.25, 0.3) is 5.56 Å². The van der Waals surface area contributed by atoms with Crippen LogP contribution in [-0.2, 0) is 21.1 Å². The molecule has 1 aromatic carbocycles. The molecule has 2 heterocycles. The van der Waals surface area contributed by atoms with Gasteiger partial charge in [0.15, 0.2) is 11.2 Å². The van der Waals surface area contributed by atoms with Crippen LogP contribution in [0.1, 0.15) is 11.1 Å². The molecule has 0 unspecified atom stereocenters. The Labute approximate surface area is 137 Å². The maximum Gasteiger partial charge on any atom is 0.332 e. The van der Waals surface area contributed by atoms with Crippen LogP contribution in [0.25, 0.3) is 11.2 Å². The van der Waals surface area contributed by atoms with Gasteiger partial charge in [0.2, 0.25) is 5.95 Å². The van der Waals surface area contributed by atoms with Crippen LogP contribution in [0.15, 0.2) is 39.0 Å². The predicted molar refractivity (Wildman–Crippen MR) is 93.6 cm³/mol. The molecule has 0 bridgehead atoms. The van der Waals surface area contributed by atoms with E-state index in [-0.39, 0.29) is 0 Å². The van der Waals surface area contributed by atoms with Crippen molar-refractivity contribution < 1.29 is 0 Å². The van der Waals surface area contributed by atoms with E-state index in [9.17, 15) is 9.59 Å². The minimum Gasteiger partial charge on any atom is -0.306 e. The molecule has 124 valence electrons. The van der Waals surface area contributed by atoms with Crippen molar-refractivity contribution in [3.63, 3.8) is 0 Å². The molecule has 0 fully saturated rings. The molecule has 8 heteroatoms. The SMILES string of the molecule is Cc1ccc(C=NNc2nc3c(c(=O)n(C)c(=O)n3C)n2C)cc1. The number of aromatic nitrogens is 4. The number of hydrazone groups is 1. The molecule has 8 nitrogen and oxygen atoms in total. The zero-order valence-corrected chi connectivity index (χ0v) is 13.9. The minimum atomic E-state index is -0.416. The Kier molecular flexibility index (Phi) is 3.80. The molecule has 3 rings (SSSR count). The number of imidazole rings is 1. The summed E-state index contributed by atoms with van der Waals surface area (Å²) in [5.41, 5.74) is 4.78. The van der Waals surface area contributed by atoms with Crippen LogP contribution < -0.4 is 16.7 Å². The van der Waals surface area contributed by atoms with E-state index in [1.165, 1.54) is 17.2 Å². The highest BCUT2D eigenvalue weighted by Gasteiger charge is 2.16. The maximum absolute atomic E-state index is 12.3. The Morgan fingerprint density at radius 2 is 1.71 bits per heavy atom. The Morgan fingerprint density at radius 3 is 2.38 bits per heavy atom. The van der Waals surface area contributed by atoms with Gasteiger partial charge < -0.3 is 4.57 Å². The summed E-state index contributed by atoms with van der Waals surface area (Å²) in [7, 11) is 4.72. The van der Waals surface area contributed by atoms with Crippen molar-refractivity contribution >= 4 is 23.3 Å². The van der Waals surface area contributed by atoms with E-state index in [0.29, 0.717) is 17.1 Å². The van der Waals surface area contributed by atoms with Gasteiger partial charge in [-0.2, -0.15) is 10.1 Å². The van der Waals surface area contributed by atoms with E-state index >= 15 is 0 Å². The topological polar surface area (TPSA) is 86.2 Å². The summed E-state index contributed by atoms with van der Waals surface area (Å²) in [5.74, 6) is 0.381. The van der Waals surface area contributed by atoms with Crippen molar-refractivity contribution in [1.29, 1.82) is 0 Å². The molecule has 0 amide bonds. The average Bonchev–Trinajstić information content (AvgIpc) is 2.90. The van der Waals surface area contributed by atoms with E-state index in [1.807, 2.05) is 31.2 Å². The van der Waals surface area contributed by atoms with E-state index < -0.39 is 11.2 Å². The Hall–Kier alpha value is -3.16. The van der Waals surface area contributed by atoms with Gasteiger partial charge in [-0.1, -0.05) is 29.8 Å². The van der Waals surface area contributed by atoms with Gasteiger partial charge in [0.05, 0.1) is 6.21 Å². The molecule has 0 radical (unpaired) electrons. The van der Waals surface area contributed by atoms with Gasteiger partial charge in [0.1, 0.15) is 0 Å². The van der Waals surface area contributed by atoms with E-state index in [2.05, 4.69) is 15.5 Å². The molecule has 2 aromatic heterocycles. The Bertz CT molecular complexity index is 1050. The highest BCUT2D eigenvalue weighted by Crippen LogP contribution is 2.13. The van der Waals surface area contributed by atoms with E-state index in [1.54, 1.807) is 24.9 Å². The molecule has 0 aliphatic heterocycles. The molecule has 24 heavy (non-hydrogen) atoms. The first-order valence-electron chi connectivity index (χ1n) is 7.38. The van der Waals surface area contributed by atoms with Crippen LogP contribution in [0.2, 0.25) is 0 Å². The quantitative estimate of drug-likeness (QED) is 0.568. The second-order valence-electron chi connectivity index (χ2n) is 5.65. The fourth-order valence-electron chi connectivity index (χ4n) is 2.44. The lowest BCUT2D eigenvalue weighted by Crippen LogP contribution is -2.37. The molecule has 0 aliphatic rings. The van der Waals surface area contributed by atoms with Crippen molar-refractivity contribution in [2.75, 3.05) is 5.43 Å². The van der Waals surface area contributed by atoms with Crippen LogP contribution in [0.3, 0.4) is 0 Å². The van der Waals surface area contributed by atoms with E-state index in [0.717, 1.165) is 10.1 Å². The molecular formula is C16H18N6O2. The fraction of sp³-hybridized carbons (Fsp3) is 0.250. The number of nitrogens with one attached hydrogen (secondary N) is 1. The molecule has 0 spiro atoms. The molecule has 3 aromatic rings. The van der Waals surface area contributed by atoms with Crippen LogP contribution in [0.4, 0.5) is 5.95 Å². The van der Waals surface area contributed by atoms with Crippen LogP contribution in [-0.4, -0.2) is 24.9 Å². The van der Waals surface area contributed by atoms with E-state index in [4.69, 9.17) is 0 Å². The summed E-state index contributed by atoms with van der Waals surface area (Å²) in [6, 6.07) is 7.90. The molecule has 0 aliphatic carbocycles. The first-order chi connectivity index (χ1) is 11.4. The standard InChI is InChI=1S/C16H18N6O2/c1-10-5-7-11(8-6-10)9-17-19-15-18-13-12(20(15)2)14(23)22(4)16(24)21(13)3/h5-9H,1-4H3,(H,18,19). The summed E-state index contributed by atoms with van der Waals surface area (Å²) in [4.78, 5) is 28.6. The highest BCUT2D eigenvalue weighted by molar-refractivity contribution is 5.80. The summed E-state index contributed by atoms with van der Waals surface area (Å²) in [6.45, 7) is 2.02. The fourth-order valence-corrected chi connectivity index (χ4v) is 2.44. The third-order valence-corrected chi connectivity index (χ3v) is 3.93. The lowest BCUT2D eigenvalue weighted by atomic mass is 10.2. The number of anilines is 1. The minimum absolute atomic E-state index is 0.318. The monoisotopic (exact) mass is 326 g/mol. The van der Waals surface area contributed by atoms with Gasteiger partial charge in [-0.3, -0.25) is 13.9 Å². The van der Waals surface area contributed by atoms with Gasteiger partial charge in [-0.25, -0.2) is 10.2 Å². The lowest BCUT2D eigenvalue weighted by molar-refractivity contribution is 0.705. The number of rotatable bonds is 3. The molecule has 1 N–H and O–H groups in total. The molecule has 0 saturated heterocycles. The summed E-state index contributed by atoms with van der Waals surface area (Å²) in [6.07, 6.45) is 1.66. The smallest absolute Gasteiger partial charge is 0.306 e. The predicted octanol–water partition coefficient (Wildman–Crippen LogP) is 0.725. The van der Waals surface area contributed by atoms with Gasteiger partial charge in [-0.15, -0.1) is 0 Å². The van der Waals surface area contributed by atoms with Crippen molar-refractivity contribution in [2.45, 2.75) is 6.92 Å². The third-order valence-electron chi connectivity index (χ3n) is 3.93. The molecule has 0 saturated carbocycles. The van der Waals surface area contributed by atoms with Crippen molar-refractivity contribution in [1.82, 2.24) is 18.7 Å². The molecule has 0 atom stereocenters. The van der Waals surface area contributed by atoms with Crippen molar-refractivity contribution in [2.24, 2.45) is 26.2 Å². The Morgan fingerprint density at radius 1 is 1.04 bits per heavy atom. The normalized spacial score (nSPS) is 11.5. The largest absolute Gasteiger partial charge is 0.332 e. The van der Waals surface area contributed by atoms with Crippen LogP contribution >= 0.6 is 0 Å². The zero-order chi connectivity index (χ0) is 17.4. The Balaban J connectivity index is 1.99. The number of nitrogens with zero attached hydrogens (tertiary/aromatic N) is 5. The first-order valence-corrected chi connectivity index (χ1v) is 7.38. The summed E-state index contributed by atoms with van der Waals surface area (Å²) in [5, 5.41) is 4.15. The van der Waals surface area contributed by atoms with Crippen molar-refractivity contribution in [3.05, 3.63) is 56.2 Å². The van der Waals surface area contributed by atoms with Gasteiger partial charge >= 0.3 is 5.69 Å².